The Kier molecular flexibility index (Phi) is 5.86. The van der Waals surface area contributed by atoms with Gasteiger partial charge in [0.15, 0.2) is 0 Å². The summed E-state index contributed by atoms with van der Waals surface area (Å²) >= 11 is 0. The van der Waals surface area contributed by atoms with E-state index in [0.29, 0.717) is 15.6 Å². The number of nitrogens with zero attached hydrogens (tertiary/aromatic N) is 1. The van der Waals surface area contributed by atoms with Gasteiger partial charge in [-0.15, -0.1) is 0 Å². The van der Waals surface area contributed by atoms with Crippen LogP contribution in [0.1, 0.15) is 24.1 Å². The molecule has 1 unspecified atom stereocenters. The van der Waals surface area contributed by atoms with Gasteiger partial charge in [-0.2, -0.15) is 0 Å². The van der Waals surface area contributed by atoms with Crippen LogP contribution in [0.15, 0.2) is 47.4 Å². The third-order valence-electron chi connectivity index (χ3n) is 3.96. The van der Waals surface area contributed by atoms with E-state index in [0.717, 1.165) is 5.56 Å². The molecular weight excluding hydrogens is 359 g/mol. The lowest BCUT2D eigenvalue weighted by atomic mass is 10.1. The van der Waals surface area contributed by atoms with Crippen LogP contribution in [0.2, 0.25) is 0 Å². The average Bonchev–Trinajstić information content (AvgIpc) is 2.61. The molecule has 1 N–H and O–H groups in total. The number of nitrogens with one attached hydrogen (secondary N) is 1. The highest BCUT2D eigenvalue weighted by molar-refractivity contribution is 7.89. The zero-order chi connectivity index (χ0) is 19.5. The molecule has 8 heteroatoms. The predicted molar refractivity (Wildman–Crippen MR) is 96.0 cm³/mol. The van der Waals surface area contributed by atoms with Crippen LogP contribution in [0.25, 0.3) is 0 Å². The van der Waals surface area contributed by atoms with Crippen molar-refractivity contribution in [3.8, 4) is 5.75 Å². The van der Waals surface area contributed by atoms with Crippen LogP contribution in [0.3, 0.4) is 0 Å². The van der Waals surface area contributed by atoms with E-state index in [1.807, 2.05) is 6.92 Å². The van der Waals surface area contributed by atoms with Gasteiger partial charge in [-0.3, -0.25) is 0 Å². The fourth-order valence-electron chi connectivity index (χ4n) is 2.37. The third kappa shape index (κ3) is 4.13. The highest BCUT2D eigenvalue weighted by Gasteiger charge is 2.27. The average molecular weight is 380 g/mol. The van der Waals surface area contributed by atoms with Crippen LogP contribution in [-0.4, -0.2) is 32.9 Å². The Balaban J connectivity index is 2.21. The van der Waals surface area contributed by atoms with Crippen LogP contribution in [0.4, 0.5) is 9.18 Å². The van der Waals surface area contributed by atoms with Gasteiger partial charge in [0.05, 0.1) is 18.0 Å². The summed E-state index contributed by atoms with van der Waals surface area (Å²) in [4.78, 5) is 12.4. The number of hydrogen-bond donors (Lipinski definition) is 1. The van der Waals surface area contributed by atoms with Gasteiger partial charge in [0.2, 0.25) is 0 Å². The predicted octanol–water partition coefficient (Wildman–Crippen LogP) is 3.23. The van der Waals surface area contributed by atoms with Crippen molar-refractivity contribution >= 4 is 16.1 Å². The van der Waals surface area contributed by atoms with E-state index in [9.17, 15) is 17.6 Å². The van der Waals surface area contributed by atoms with Gasteiger partial charge in [-0.25, -0.2) is 21.9 Å². The third-order valence-corrected chi connectivity index (χ3v) is 5.72. The number of hydrogen-bond acceptors (Lipinski definition) is 4. The van der Waals surface area contributed by atoms with E-state index in [-0.39, 0.29) is 4.90 Å². The Morgan fingerprint density at radius 3 is 2.38 bits per heavy atom. The monoisotopic (exact) mass is 380 g/mol. The summed E-state index contributed by atoms with van der Waals surface area (Å²) < 4.78 is 44.4. The molecule has 0 bridgehead atoms. The van der Waals surface area contributed by atoms with E-state index in [1.165, 1.54) is 44.5 Å². The summed E-state index contributed by atoms with van der Waals surface area (Å²) in [5.74, 6) is -0.0919. The molecule has 0 saturated carbocycles. The van der Waals surface area contributed by atoms with Crippen molar-refractivity contribution in [3.63, 3.8) is 0 Å². The second-order valence-corrected chi connectivity index (χ2v) is 7.81. The highest BCUT2D eigenvalue weighted by Crippen LogP contribution is 2.26. The Morgan fingerprint density at radius 1 is 1.19 bits per heavy atom. The molecule has 0 radical (unpaired) electrons. The smallest absolute Gasteiger partial charge is 0.331 e. The molecule has 0 fully saturated rings. The van der Waals surface area contributed by atoms with Crippen LogP contribution in [0.5, 0.6) is 5.75 Å². The summed E-state index contributed by atoms with van der Waals surface area (Å²) in [6, 6.07) is 8.61. The fourth-order valence-corrected chi connectivity index (χ4v) is 3.44. The Bertz CT molecular complexity index is 898. The van der Waals surface area contributed by atoms with Gasteiger partial charge in [0.25, 0.3) is 10.0 Å². The summed E-state index contributed by atoms with van der Waals surface area (Å²) in [5, 5.41) is 2.55. The van der Waals surface area contributed by atoms with Gasteiger partial charge in [0, 0.05) is 12.6 Å². The van der Waals surface area contributed by atoms with Gasteiger partial charge in [-0.1, -0.05) is 17.7 Å². The second kappa shape index (κ2) is 7.74. The second-order valence-electron chi connectivity index (χ2n) is 5.84. The van der Waals surface area contributed by atoms with Gasteiger partial charge in [-0.05, 0) is 44.2 Å². The maximum absolute atomic E-state index is 13.5. The quantitative estimate of drug-likeness (QED) is 0.864. The van der Waals surface area contributed by atoms with Crippen LogP contribution in [-0.2, 0) is 10.0 Å². The molecule has 0 saturated heterocycles. The molecule has 0 heterocycles. The molecule has 2 amide bonds. The van der Waals surface area contributed by atoms with Gasteiger partial charge < -0.3 is 10.1 Å². The number of methoxy groups -OCH3 is 1. The van der Waals surface area contributed by atoms with E-state index in [2.05, 4.69) is 5.32 Å². The van der Waals surface area contributed by atoms with Crippen LogP contribution >= 0.6 is 0 Å². The summed E-state index contributed by atoms with van der Waals surface area (Å²) in [6.07, 6.45) is 0. The molecule has 0 aliphatic heterocycles. The topological polar surface area (TPSA) is 75.7 Å². The molecule has 0 aromatic heterocycles. The molecule has 0 spiro atoms. The molecular formula is C18H21FN2O4S. The maximum atomic E-state index is 13.5. The van der Waals surface area contributed by atoms with Crippen molar-refractivity contribution in [2.24, 2.45) is 0 Å². The van der Waals surface area contributed by atoms with Gasteiger partial charge >= 0.3 is 6.03 Å². The van der Waals surface area contributed by atoms with Crippen LogP contribution < -0.4 is 10.1 Å². The van der Waals surface area contributed by atoms with Crippen molar-refractivity contribution < 1.29 is 22.3 Å². The lowest BCUT2D eigenvalue weighted by Gasteiger charge is -2.22. The van der Waals surface area contributed by atoms with Crippen molar-refractivity contribution in [3.05, 3.63) is 59.4 Å². The minimum absolute atomic E-state index is 0.0109. The molecule has 2 aromatic carbocycles. The summed E-state index contributed by atoms with van der Waals surface area (Å²) in [7, 11) is -1.39. The number of amides is 2. The number of carbonyl (C=O) groups excluding carboxylic acids is 1. The van der Waals surface area contributed by atoms with E-state index >= 15 is 0 Å². The number of benzene rings is 2. The molecule has 140 valence electrons. The first-order valence-electron chi connectivity index (χ1n) is 7.86. The number of carbonyl (C=O) groups is 1. The van der Waals surface area contributed by atoms with Crippen LogP contribution in [0, 0.1) is 12.7 Å². The number of ether oxygens (including phenoxy) is 1. The van der Waals surface area contributed by atoms with E-state index < -0.39 is 27.9 Å². The number of rotatable bonds is 5. The molecule has 2 aromatic rings. The number of aryl methyl sites for hydroxylation is 1. The Morgan fingerprint density at radius 2 is 1.81 bits per heavy atom. The first kappa shape index (κ1) is 19.7. The lowest BCUT2D eigenvalue weighted by Crippen LogP contribution is -2.42. The van der Waals surface area contributed by atoms with Crippen molar-refractivity contribution in [1.29, 1.82) is 0 Å². The van der Waals surface area contributed by atoms with Crippen molar-refractivity contribution in [2.75, 3.05) is 14.2 Å². The Labute approximate surface area is 152 Å². The normalized spacial score (nSPS) is 12.3. The molecule has 6 nitrogen and oxygen atoms in total. The zero-order valence-electron chi connectivity index (χ0n) is 15.0. The molecule has 2 rings (SSSR count). The number of halogens is 1. The summed E-state index contributed by atoms with van der Waals surface area (Å²) in [6.45, 7) is 3.45. The molecule has 26 heavy (non-hydrogen) atoms. The minimum Gasteiger partial charge on any atom is -0.496 e. The van der Waals surface area contributed by atoms with Crippen molar-refractivity contribution in [2.45, 2.75) is 24.8 Å². The van der Waals surface area contributed by atoms with E-state index in [4.69, 9.17) is 4.74 Å². The SMILES string of the molecule is COc1ccc(F)cc1C(C)NC(=O)N(C)S(=O)(=O)c1ccc(C)cc1. The standard InChI is InChI=1S/C18H21FN2O4S/c1-12-5-8-15(9-6-12)26(23,24)21(3)18(22)20-13(2)16-11-14(19)7-10-17(16)25-4/h5-11,13H,1-4H3,(H,20,22). The summed E-state index contributed by atoms with van der Waals surface area (Å²) in [5.41, 5.74) is 1.31. The first-order chi connectivity index (χ1) is 12.2. The first-order valence-corrected chi connectivity index (χ1v) is 9.30. The zero-order valence-corrected chi connectivity index (χ0v) is 15.8. The molecule has 0 aliphatic carbocycles. The lowest BCUT2D eigenvalue weighted by molar-refractivity contribution is 0.225. The largest absolute Gasteiger partial charge is 0.496 e. The maximum Gasteiger partial charge on any atom is 0.331 e. The van der Waals surface area contributed by atoms with Gasteiger partial charge in [0.1, 0.15) is 11.6 Å². The minimum atomic E-state index is -3.99. The molecule has 1 atom stereocenters. The fraction of sp³-hybridized carbons (Fsp3) is 0.278. The number of sulfonamides is 1. The Hall–Kier alpha value is -2.61. The van der Waals surface area contributed by atoms with Crippen molar-refractivity contribution in [1.82, 2.24) is 9.62 Å². The number of urea groups is 1. The van der Waals surface area contributed by atoms with E-state index in [1.54, 1.807) is 19.1 Å². The molecule has 0 aliphatic rings. The highest BCUT2D eigenvalue weighted by atomic mass is 32.2.